The average Bonchev–Trinajstić information content (AvgIpc) is 2.84. The van der Waals surface area contributed by atoms with Gasteiger partial charge in [0.2, 0.25) is 5.91 Å². The maximum atomic E-state index is 12.4. The minimum absolute atomic E-state index is 0.139. The Morgan fingerprint density at radius 2 is 1.96 bits per heavy atom. The van der Waals surface area contributed by atoms with Crippen LogP contribution in [0.3, 0.4) is 0 Å². The molecule has 0 aliphatic carbocycles. The number of primary amides is 1. The van der Waals surface area contributed by atoms with E-state index in [1.165, 1.54) is 4.90 Å². The van der Waals surface area contributed by atoms with Gasteiger partial charge >= 0.3 is 22.4 Å². The number of esters is 1. The van der Waals surface area contributed by atoms with E-state index in [-0.39, 0.29) is 32.1 Å². The predicted octanol–water partition coefficient (Wildman–Crippen LogP) is 0.303. The van der Waals surface area contributed by atoms with Crippen LogP contribution in [0.2, 0.25) is 0 Å². The Bertz CT molecular complexity index is 723. The minimum atomic E-state index is -4.50. The van der Waals surface area contributed by atoms with Crippen LogP contribution in [0.25, 0.3) is 0 Å². The van der Waals surface area contributed by atoms with Gasteiger partial charge in [-0.1, -0.05) is 20.8 Å². The molecule has 0 saturated carbocycles. The zero-order valence-corrected chi connectivity index (χ0v) is 17.1. The highest BCUT2D eigenvalue weighted by Crippen LogP contribution is 2.31. The molecule has 2 bridgehead atoms. The van der Waals surface area contributed by atoms with Crippen molar-refractivity contribution >= 4 is 28.3 Å². The van der Waals surface area contributed by atoms with Gasteiger partial charge in [-0.05, 0) is 24.7 Å². The van der Waals surface area contributed by atoms with E-state index in [0.29, 0.717) is 19.3 Å². The Balaban J connectivity index is 1.89. The summed E-state index contributed by atoms with van der Waals surface area (Å²) in [6, 6.07) is -2.00. The fraction of sp³-hybridized carbons (Fsp3) is 0.812. The standard InChI is InChI=1S/C16H27N3O8S/c1-4-13(20)25-8-7-16(2,3)10-26-28(23,24)27-19-11-5-6-12(14(17)21)18(9-11)15(19)22/h11-12H,4-10H2,1-3H3,(H2,17,21). The van der Waals surface area contributed by atoms with Gasteiger partial charge in [0, 0.05) is 13.0 Å². The van der Waals surface area contributed by atoms with Gasteiger partial charge in [0.15, 0.2) is 0 Å². The highest BCUT2D eigenvalue weighted by atomic mass is 32.3. The third-order valence-electron chi connectivity index (χ3n) is 4.75. The molecule has 0 radical (unpaired) electrons. The molecule has 0 aromatic carbocycles. The molecule has 3 amide bonds. The number of carbonyl (C=O) groups excluding carboxylic acids is 3. The summed E-state index contributed by atoms with van der Waals surface area (Å²) in [5.74, 6) is -0.978. The van der Waals surface area contributed by atoms with Crippen molar-refractivity contribution in [1.82, 2.24) is 9.96 Å². The molecule has 2 rings (SSSR count). The second-order valence-electron chi connectivity index (χ2n) is 7.64. The van der Waals surface area contributed by atoms with Crippen molar-refractivity contribution in [2.24, 2.45) is 11.1 Å². The lowest BCUT2D eigenvalue weighted by molar-refractivity contribution is -0.144. The van der Waals surface area contributed by atoms with Crippen molar-refractivity contribution < 1.29 is 36.0 Å². The first-order chi connectivity index (χ1) is 13.0. The third kappa shape index (κ3) is 5.55. The number of hydrogen-bond acceptors (Lipinski definition) is 8. The first-order valence-corrected chi connectivity index (χ1v) is 10.4. The zero-order valence-electron chi connectivity index (χ0n) is 16.3. The Hall–Kier alpha value is -1.92. The number of nitrogens with two attached hydrogens (primary N) is 1. The fourth-order valence-electron chi connectivity index (χ4n) is 2.99. The number of piperidine rings is 1. The van der Waals surface area contributed by atoms with Gasteiger partial charge in [0.05, 0.1) is 19.3 Å². The highest BCUT2D eigenvalue weighted by molar-refractivity contribution is 7.81. The quantitative estimate of drug-likeness (QED) is 0.496. The molecule has 2 aliphatic rings. The summed E-state index contributed by atoms with van der Waals surface area (Å²) in [4.78, 5) is 36.2. The van der Waals surface area contributed by atoms with Crippen LogP contribution >= 0.6 is 0 Å². The summed E-state index contributed by atoms with van der Waals surface area (Å²) in [6.07, 6.45) is 1.38. The van der Waals surface area contributed by atoms with Crippen LogP contribution in [-0.2, 0) is 33.2 Å². The second kappa shape index (κ2) is 8.62. The van der Waals surface area contributed by atoms with Crippen molar-refractivity contribution in [2.75, 3.05) is 19.8 Å². The van der Waals surface area contributed by atoms with Crippen LogP contribution in [0.5, 0.6) is 0 Å². The Kier molecular flexibility index (Phi) is 6.88. The maximum Gasteiger partial charge on any atom is 0.421 e. The van der Waals surface area contributed by atoms with Crippen LogP contribution in [0.1, 0.15) is 46.5 Å². The van der Waals surface area contributed by atoms with Crippen molar-refractivity contribution in [3.8, 4) is 0 Å². The van der Waals surface area contributed by atoms with Gasteiger partial charge < -0.3 is 15.4 Å². The fourth-order valence-corrected chi connectivity index (χ4v) is 3.88. The lowest BCUT2D eigenvalue weighted by Crippen LogP contribution is -2.47. The van der Waals surface area contributed by atoms with E-state index in [2.05, 4.69) is 0 Å². The predicted molar refractivity (Wildman–Crippen MR) is 95.6 cm³/mol. The summed E-state index contributed by atoms with van der Waals surface area (Å²) >= 11 is 0. The number of hydroxylamine groups is 2. The first-order valence-electron chi connectivity index (χ1n) is 9.09. The first kappa shape index (κ1) is 22.4. The lowest BCUT2D eigenvalue weighted by atomic mass is 9.91. The van der Waals surface area contributed by atoms with E-state index < -0.39 is 39.8 Å². The molecular weight excluding hydrogens is 394 g/mol. The normalized spacial score (nSPS) is 22.5. The molecule has 2 atom stereocenters. The van der Waals surface area contributed by atoms with Crippen molar-refractivity contribution in [2.45, 2.75) is 58.5 Å². The van der Waals surface area contributed by atoms with Gasteiger partial charge in [-0.25, -0.2) is 8.98 Å². The molecule has 2 aliphatic heterocycles. The van der Waals surface area contributed by atoms with Gasteiger partial charge in [-0.3, -0.25) is 9.59 Å². The Morgan fingerprint density at radius 3 is 2.57 bits per heavy atom. The Labute approximate surface area is 164 Å². The lowest BCUT2D eigenvalue weighted by Gasteiger charge is -2.27. The molecule has 0 aromatic rings. The number of nitrogens with zero attached hydrogens (tertiary/aromatic N) is 2. The number of fused-ring (bicyclic) bond motifs is 2. The van der Waals surface area contributed by atoms with Crippen molar-refractivity contribution in [3.63, 3.8) is 0 Å². The van der Waals surface area contributed by atoms with E-state index >= 15 is 0 Å². The van der Waals surface area contributed by atoms with Gasteiger partial charge in [0.25, 0.3) is 0 Å². The molecule has 2 fully saturated rings. The largest absolute Gasteiger partial charge is 0.466 e. The van der Waals surface area contributed by atoms with Gasteiger partial charge in [0.1, 0.15) is 6.04 Å². The minimum Gasteiger partial charge on any atom is -0.466 e. The van der Waals surface area contributed by atoms with Gasteiger partial charge in [-0.2, -0.15) is 13.5 Å². The van der Waals surface area contributed by atoms with E-state index in [1.54, 1.807) is 20.8 Å². The third-order valence-corrected chi connectivity index (χ3v) is 5.50. The number of rotatable bonds is 10. The number of carbonyl (C=O) groups is 3. The smallest absolute Gasteiger partial charge is 0.421 e. The summed E-state index contributed by atoms with van der Waals surface area (Å²) in [7, 11) is -4.50. The van der Waals surface area contributed by atoms with E-state index in [1.807, 2.05) is 0 Å². The van der Waals surface area contributed by atoms with Crippen LogP contribution in [0, 0.1) is 5.41 Å². The Morgan fingerprint density at radius 1 is 1.29 bits per heavy atom. The molecule has 2 heterocycles. The summed E-state index contributed by atoms with van der Waals surface area (Å²) in [6.45, 7) is 5.26. The molecular formula is C16H27N3O8S. The van der Waals surface area contributed by atoms with Crippen molar-refractivity contribution in [1.29, 1.82) is 0 Å². The monoisotopic (exact) mass is 421 g/mol. The second-order valence-corrected chi connectivity index (χ2v) is 8.84. The molecule has 0 spiro atoms. The van der Waals surface area contributed by atoms with E-state index in [4.69, 9.17) is 18.9 Å². The van der Waals surface area contributed by atoms with Crippen LogP contribution in [-0.4, -0.2) is 68.1 Å². The van der Waals surface area contributed by atoms with Crippen LogP contribution in [0.15, 0.2) is 0 Å². The number of urea groups is 1. The SMILES string of the molecule is CCC(=O)OCCC(C)(C)COS(=O)(=O)ON1C(=O)N2CC1CCC2C(N)=O. The summed E-state index contributed by atoms with van der Waals surface area (Å²) < 4.78 is 39.1. The number of amides is 3. The molecule has 2 unspecified atom stereocenters. The molecule has 2 saturated heterocycles. The molecule has 2 N–H and O–H groups in total. The maximum absolute atomic E-state index is 12.4. The molecule has 160 valence electrons. The summed E-state index contributed by atoms with van der Waals surface area (Å²) in [5, 5.41) is 0.730. The number of ether oxygens (including phenoxy) is 1. The van der Waals surface area contributed by atoms with Crippen molar-refractivity contribution in [3.05, 3.63) is 0 Å². The van der Waals surface area contributed by atoms with Crippen LogP contribution in [0.4, 0.5) is 4.79 Å². The highest BCUT2D eigenvalue weighted by Gasteiger charge is 2.49. The topological polar surface area (TPSA) is 146 Å². The number of hydrogen-bond donors (Lipinski definition) is 1. The van der Waals surface area contributed by atoms with Crippen LogP contribution < -0.4 is 5.73 Å². The summed E-state index contributed by atoms with van der Waals surface area (Å²) in [5.41, 5.74) is 4.67. The molecule has 0 aromatic heterocycles. The average molecular weight is 421 g/mol. The molecule has 11 nitrogen and oxygen atoms in total. The molecule has 12 heteroatoms. The van der Waals surface area contributed by atoms with E-state index in [0.717, 1.165) is 5.06 Å². The van der Waals surface area contributed by atoms with Gasteiger partial charge in [-0.15, -0.1) is 4.28 Å². The molecule has 28 heavy (non-hydrogen) atoms. The van der Waals surface area contributed by atoms with E-state index in [9.17, 15) is 22.8 Å². The zero-order chi connectivity index (χ0) is 21.1.